The Morgan fingerprint density at radius 3 is 2.04 bits per heavy atom. The molecular formula is C65H96N8O22. The minimum absolute atomic E-state index is 0.0229. The number of aliphatic hydroxyl groups is 4. The number of hydrogen-bond acceptors (Lipinski definition) is 21. The second kappa shape index (κ2) is 36.3. The Bertz CT molecular complexity index is 2980. The quantitative estimate of drug-likeness (QED) is 0.0453. The summed E-state index contributed by atoms with van der Waals surface area (Å²) in [4.78, 5) is 154. The van der Waals surface area contributed by atoms with E-state index in [2.05, 4.69) is 21.3 Å². The predicted octanol–water partition coefficient (Wildman–Crippen LogP) is 2.07. The molecule has 528 valence electrons. The van der Waals surface area contributed by atoms with Gasteiger partial charge in [0.25, 0.3) is 11.8 Å². The van der Waals surface area contributed by atoms with Gasteiger partial charge in [-0.25, -0.2) is 14.4 Å². The van der Waals surface area contributed by atoms with Gasteiger partial charge in [0.1, 0.15) is 42.8 Å². The number of aliphatic carboxylic acids is 1. The average Bonchev–Trinajstić information content (AvgIpc) is 1.28. The highest BCUT2D eigenvalue weighted by Crippen LogP contribution is 2.33. The van der Waals surface area contributed by atoms with Crippen LogP contribution in [0.4, 0.5) is 10.5 Å². The number of benzene rings is 2. The van der Waals surface area contributed by atoms with Crippen LogP contribution < -0.4 is 26.0 Å². The molecule has 95 heavy (non-hydrogen) atoms. The molecule has 3 aliphatic heterocycles. The van der Waals surface area contributed by atoms with E-state index in [-0.39, 0.29) is 86.2 Å². The van der Waals surface area contributed by atoms with Crippen molar-refractivity contribution in [1.29, 1.82) is 0 Å². The standard InChI is InChI=1S/C65H96N8O22/c1-13-36(6)53(44(90-11)32-49(78)72-30-18-21-42(72)58(91-12)37(7)60(84)67-38(8)54(80)40-19-15-14-16-20-40)70(9)62(86)51(34(2)3)69-61(85)52(35(4)5)71(10)65(89)92-33-39-24-25-43(93-64-57(83)55(81)56(82)59(94-64)63(87)88)41(31-39)68-46(75)28-29-66-45(74)22-17-23-50(79)95-73-47(76)26-27-48(73)77/h14-16,19-20,24-25,31,34-38,42,44,51-59,64,80-83H,13,17-18,21-23,26-30,32-33H2,1-12H3,(H,66,74)(H,67,84)(H,68,75)(H,69,85)(H,87,88)/t36?,37?,38?,42?,44?,51?,52?,53?,54?,55-,56-,57+,58?,59-,64-/m0/s1. The first-order valence-electron chi connectivity index (χ1n) is 32.1. The van der Waals surface area contributed by atoms with Crippen molar-refractivity contribution in [2.45, 2.75) is 205 Å². The lowest BCUT2D eigenvalue weighted by Crippen LogP contribution is -2.61. The van der Waals surface area contributed by atoms with Gasteiger partial charge in [-0.15, -0.1) is 5.06 Å². The number of carboxylic acid groups (broad SMARTS) is 1. The molecule has 15 atom stereocenters. The normalized spacial score (nSPS) is 21.7. The maximum atomic E-state index is 14.9. The van der Waals surface area contributed by atoms with E-state index in [1.165, 1.54) is 44.4 Å². The minimum atomic E-state index is -2.05. The van der Waals surface area contributed by atoms with E-state index in [1.54, 1.807) is 77.8 Å². The number of aliphatic hydroxyl groups excluding tert-OH is 4. The molecule has 0 aliphatic carbocycles. The Morgan fingerprint density at radius 2 is 1.44 bits per heavy atom. The van der Waals surface area contributed by atoms with E-state index in [4.69, 9.17) is 28.5 Å². The number of anilines is 1. The van der Waals surface area contributed by atoms with Gasteiger partial charge in [0.15, 0.2) is 6.10 Å². The molecule has 3 saturated heterocycles. The van der Waals surface area contributed by atoms with Crippen molar-refractivity contribution < 1.29 is 107 Å². The van der Waals surface area contributed by atoms with Crippen LogP contribution in [0.25, 0.3) is 0 Å². The van der Waals surface area contributed by atoms with Crippen molar-refractivity contribution >= 4 is 71.0 Å². The summed E-state index contributed by atoms with van der Waals surface area (Å²) in [5, 5.41) is 63.4. The number of imide groups is 1. The zero-order chi connectivity index (χ0) is 70.7. The lowest BCUT2D eigenvalue weighted by Gasteiger charge is -2.41. The van der Waals surface area contributed by atoms with Gasteiger partial charge in [-0.3, -0.25) is 43.3 Å². The number of hydroxylamine groups is 2. The Morgan fingerprint density at radius 1 is 0.779 bits per heavy atom. The first-order chi connectivity index (χ1) is 44.9. The van der Waals surface area contributed by atoms with Crippen LogP contribution >= 0.6 is 0 Å². The molecule has 0 bridgehead atoms. The first kappa shape index (κ1) is 77.8. The average molecular weight is 1340 g/mol. The number of likely N-dealkylation sites (tertiary alicyclic amines) is 1. The van der Waals surface area contributed by atoms with Crippen LogP contribution in [-0.4, -0.2) is 225 Å². The molecular weight excluding hydrogens is 1240 g/mol. The van der Waals surface area contributed by atoms with E-state index in [0.717, 1.165) is 4.90 Å². The molecule has 0 saturated carbocycles. The van der Waals surface area contributed by atoms with Crippen LogP contribution in [0, 0.1) is 23.7 Å². The lowest BCUT2D eigenvalue weighted by atomic mass is 9.89. The van der Waals surface area contributed by atoms with E-state index in [9.17, 15) is 78.3 Å². The fourth-order valence-electron chi connectivity index (χ4n) is 11.9. The Balaban J connectivity index is 1.25. The SMILES string of the molecule is CCC(C)C(C(CC(=O)N1CCCC1C(OC)C(C)C(=O)NC(C)C(O)c1ccccc1)OC)N(C)C(=O)C(NC(=O)C(C(C)C)N(C)C(=O)OCc1ccc(O[C@H]2O[C@H](C(=O)O)[C@@H](O)[C@H](O)[C@H]2O)c(NC(=O)CCNC(=O)CCCC(=O)ON2C(=O)CCC2=O)c1)C(C)C. The zero-order valence-electron chi connectivity index (χ0n) is 56.1. The third-order valence-corrected chi connectivity index (χ3v) is 17.5. The van der Waals surface area contributed by atoms with Crippen LogP contribution in [0.15, 0.2) is 48.5 Å². The monoisotopic (exact) mass is 1340 g/mol. The Labute approximate surface area is 552 Å². The molecule has 3 heterocycles. The summed E-state index contributed by atoms with van der Waals surface area (Å²) < 4.78 is 28.8. The number of hydrogen-bond donors (Lipinski definition) is 9. The lowest BCUT2D eigenvalue weighted by molar-refractivity contribution is -0.271. The first-order valence-corrected chi connectivity index (χ1v) is 32.1. The van der Waals surface area contributed by atoms with Crippen LogP contribution in [0.1, 0.15) is 137 Å². The zero-order valence-corrected chi connectivity index (χ0v) is 56.1. The van der Waals surface area contributed by atoms with E-state index in [1.807, 2.05) is 19.9 Å². The highest BCUT2D eigenvalue weighted by molar-refractivity contribution is 6.01. The smallest absolute Gasteiger partial charge is 0.410 e. The number of likely N-dealkylation sites (N-methyl/N-ethyl adjacent to an activating group) is 2. The number of carboxylic acids is 1. The molecule has 30 nitrogen and oxygen atoms in total. The van der Waals surface area contributed by atoms with Crippen LogP contribution in [0.3, 0.4) is 0 Å². The van der Waals surface area contributed by atoms with Gasteiger partial charge >= 0.3 is 18.0 Å². The number of rotatable bonds is 34. The summed E-state index contributed by atoms with van der Waals surface area (Å²) in [6.45, 7) is 13.9. The summed E-state index contributed by atoms with van der Waals surface area (Å²) >= 11 is 0. The van der Waals surface area contributed by atoms with Gasteiger partial charge in [0, 0.05) is 73.5 Å². The molecule has 10 unspecified atom stereocenters. The number of carbonyl (C=O) groups excluding carboxylic acids is 10. The van der Waals surface area contributed by atoms with Crippen LogP contribution in [-0.2, 0) is 78.3 Å². The molecule has 0 aromatic heterocycles. The molecule has 5 rings (SSSR count). The number of ether oxygens (including phenoxy) is 5. The number of carbonyl (C=O) groups is 11. The molecule has 30 heteroatoms. The number of nitrogens with zero attached hydrogens (tertiary/aromatic N) is 4. The van der Waals surface area contributed by atoms with E-state index < -0.39 is 157 Å². The predicted molar refractivity (Wildman–Crippen MR) is 337 cm³/mol. The van der Waals surface area contributed by atoms with E-state index in [0.29, 0.717) is 36.4 Å². The van der Waals surface area contributed by atoms with Gasteiger partial charge in [-0.05, 0) is 67.2 Å². The Kier molecular flexibility index (Phi) is 29.7. The second-order valence-corrected chi connectivity index (χ2v) is 25.1. The number of amides is 9. The number of methoxy groups -OCH3 is 2. The molecule has 9 N–H and O–H groups in total. The largest absolute Gasteiger partial charge is 0.479 e. The maximum Gasteiger partial charge on any atom is 0.410 e. The summed E-state index contributed by atoms with van der Waals surface area (Å²) in [6.07, 6.45) is -12.9. The minimum Gasteiger partial charge on any atom is -0.479 e. The highest BCUT2D eigenvalue weighted by atomic mass is 16.7. The highest BCUT2D eigenvalue weighted by Gasteiger charge is 2.49. The molecule has 0 radical (unpaired) electrons. The fraction of sp³-hybridized carbons (Fsp3) is 0.646. The molecule has 9 amide bonds. The molecule has 3 aliphatic rings. The third kappa shape index (κ3) is 20.8. The second-order valence-electron chi connectivity index (χ2n) is 25.1. The molecule has 2 aromatic carbocycles. The summed E-state index contributed by atoms with van der Waals surface area (Å²) in [5.74, 6) is -9.27. The van der Waals surface area contributed by atoms with Crippen molar-refractivity contribution in [2.24, 2.45) is 23.7 Å². The molecule has 0 spiro atoms. The van der Waals surface area contributed by atoms with Crippen molar-refractivity contribution in [1.82, 2.24) is 35.7 Å². The van der Waals surface area contributed by atoms with Crippen LogP contribution in [0.5, 0.6) is 5.75 Å². The van der Waals surface area contributed by atoms with Crippen molar-refractivity contribution in [3.63, 3.8) is 0 Å². The third-order valence-electron chi connectivity index (χ3n) is 17.5. The van der Waals surface area contributed by atoms with E-state index >= 15 is 0 Å². The van der Waals surface area contributed by atoms with Gasteiger partial charge in [-0.1, -0.05) is 91.3 Å². The van der Waals surface area contributed by atoms with Gasteiger partial charge in [0.05, 0.1) is 54.5 Å². The summed E-state index contributed by atoms with van der Waals surface area (Å²) in [5.41, 5.74) is 0.689. The van der Waals surface area contributed by atoms with Gasteiger partial charge in [0.2, 0.25) is 41.7 Å². The Hall–Kier alpha value is -7.87. The van der Waals surface area contributed by atoms with Gasteiger partial charge < -0.3 is 85.1 Å². The maximum absolute atomic E-state index is 14.9. The van der Waals surface area contributed by atoms with Crippen molar-refractivity contribution in [3.8, 4) is 5.75 Å². The number of nitrogens with one attached hydrogen (secondary N) is 4. The fourth-order valence-corrected chi connectivity index (χ4v) is 11.9. The topological polar surface area (TPSA) is 405 Å². The van der Waals surface area contributed by atoms with Gasteiger partial charge in [-0.2, -0.15) is 0 Å². The summed E-state index contributed by atoms with van der Waals surface area (Å²) in [7, 11) is 5.88. The molecule has 2 aromatic rings. The summed E-state index contributed by atoms with van der Waals surface area (Å²) in [6, 6.07) is 8.73. The van der Waals surface area contributed by atoms with Crippen LogP contribution in [0.2, 0.25) is 0 Å². The van der Waals surface area contributed by atoms with Crippen molar-refractivity contribution in [3.05, 3.63) is 59.7 Å². The molecule has 3 fully saturated rings. The van der Waals surface area contributed by atoms with Crippen molar-refractivity contribution in [2.75, 3.05) is 46.7 Å².